The van der Waals surface area contributed by atoms with Crippen molar-refractivity contribution in [1.29, 1.82) is 0 Å². The van der Waals surface area contributed by atoms with Crippen LogP contribution in [0.15, 0.2) is 30.5 Å². The van der Waals surface area contributed by atoms with Gasteiger partial charge in [-0.3, -0.25) is 5.10 Å². The summed E-state index contributed by atoms with van der Waals surface area (Å²) in [7, 11) is 0. The summed E-state index contributed by atoms with van der Waals surface area (Å²) in [5.74, 6) is -0.395. The van der Waals surface area contributed by atoms with Crippen LogP contribution in [0.1, 0.15) is 11.6 Å². The van der Waals surface area contributed by atoms with E-state index < -0.39 is 18.3 Å². The summed E-state index contributed by atoms with van der Waals surface area (Å²) < 4.78 is 37.8. The second-order valence-electron chi connectivity index (χ2n) is 3.57. The van der Waals surface area contributed by atoms with Gasteiger partial charge in [-0.25, -0.2) is 13.2 Å². The highest BCUT2D eigenvalue weighted by Crippen LogP contribution is 2.27. The van der Waals surface area contributed by atoms with Gasteiger partial charge in [0.25, 0.3) is 6.43 Å². The van der Waals surface area contributed by atoms with Crippen molar-refractivity contribution in [2.45, 2.75) is 12.5 Å². The molecule has 1 aromatic carbocycles. The third-order valence-corrected chi connectivity index (χ3v) is 2.43. The average molecular weight is 241 g/mol. The Labute approximate surface area is 95.5 Å². The van der Waals surface area contributed by atoms with Crippen LogP contribution in [0.3, 0.4) is 0 Å². The van der Waals surface area contributed by atoms with Crippen LogP contribution in [-0.2, 0) is 0 Å². The van der Waals surface area contributed by atoms with Gasteiger partial charge in [0.2, 0.25) is 0 Å². The molecule has 0 radical (unpaired) electrons. The number of H-pyrrole nitrogens is 1. The molecule has 6 heteroatoms. The van der Waals surface area contributed by atoms with Crippen LogP contribution in [0.25, 0.3) is 11.3 Å². The number of nitrogens with two attached hydrogens (primary N) is 1. The van der Waals surface area contributed by atoms with E-state index in [9.17, 15) is 13.2 Å². The van der Waals surface area contributed by atoms with Gasteiger partial charge in [0.05, 0.1) is 17.9 Å². The Hall–Kier alpha value is -1.82. The Kier molecular flexibility index (Phi) is 3.14. The summed E-state index contributed by atoms with van der Waals surface area (Å²) >= 11 is 0. The van der Waals surface area contributed by atoms with E-state index in [4.69, 9.17) is 5.73 Å². The summed E-state index contributed by atoms with van der Waals surface area (Å²) in [5.41, 5.74) is 6.53. The molecule has 1 heterocycles. The molecular formula is C11H10F3N3. The molecule has 17 heavy (non-hydrogen) atoms. The van der Waals surface area contributed by atoms with Crippen LogP contribution in [0.4, 0.5) is 13.2 Å². The first-order valence-corrected chi connectivity index (χ1v) is 4.92. The lowest BCUT2D eigenvalue weighted by molar-refractivity contribution is 0.116. The van der Waals surface area contributed by atoms with Crippen molar-refractivity contribution >= 4 is 0 Å². The molecule has 0 amide bonds. The van der Waals surface area contributed by atoms with Gasteiger partial charge in [0.1, 0.15) is 5.82 Å². The molecule has 0 saturated carbocycles. The number of rotatable bonds is 3. The van der Waals surface area contributed by atoms with E-state index in [0.29, 0.717) is 11.3 Å². The smallest absolute Gasteiger partial charge is 0.257 e. The Balaban J connectivity index is 2.40. The van der Waals surface area contributed by atoms with E-state index in [1.165, 1.54) is 30.5 Å². The predicted molar refractivity (Wildman–Crippen MR) is 56.9 cm³/mol. The SMILES string of the molecule is NC(c1cn[nH]c1-c1ccc(F)cc1)C(F)F. The lowest BCUT2D eigenvalue weighted by Gasteiger charge is -2.10. The maximum absolute atomic E-state index is 12.7. The number of alkyl halides is 2. The van der Waals surface area contributed by atoms with Crippen LogP contribution in [0.5, 0.6) is 0 Å². The highest BCUT2D eigenvalue weighted by molar-refractivity contribution is 5.63. The third-order valence-electron chi connectivity index (χ3n) is 2.43. The quantitative estimate of drug-likeness (QED) is 0.867. The Morgan fingerprint density at radius 3 is 2.41 bits per heavy atom. The van der Waals surface area contributed by atoms with Gasteiger partial charge < -0.3 is 5.73 Å². The van der Waals surface area contributed by atoms with Gasteiger partial charge in [0.15, 0.2) is 0 Å². The summed E-state index contributed by atoms with van der Waals surface area (Å²) in [4.78, 5) is 0. The second kappa shape index (κ2) is 4.58. The van der Waals surface area contributed by atoms with Crippen molar-refractivity contribution < 1.29 is 13.2 Å². The maximum Gasteiger partial charge on any atom is 0.257 e. The van der Waals surface area contributed by atoms with Crippen LogP contribution < -0.4 is 5.73 Å². The van der Waals surface area contributed by atoms with Crippen molar-refractivity contribution in [2.75, 3.05) is 0 Å². The average Bonchev–Trinajstić information content (AvgIpc) is 2.77. The van der Waals surface area contributed by atoms with Crippen molar-refractivity contribution in [2.24, 2.45) is 5.73 Å². The van der Waals surface area contributed by atoms with Gasteiger partial charge in [0, 0.05) is 11.1 Å². The molecule has 1 aromatic heterocycles. The standard InChI is InChI=1S/C11H10F3N3/c12-7-3-1-6(2-4-7)10-8(5-16-17-10)9(15)11(13)14/h1-5,9,11H,15H2,(H,16,17). The summed E-state index contributed by atoms with van der Waals surface area (Å²) in [6.07, 6.45) is -1.41. The molecule has 3 nitrogen and oxygen atoms in total. The van der Waals surface area contributed by atoms with Crippen molar-refractivity contribution in [3.63, 3.8) is 0 Å². The van der Waals surface area contributed by atoms with Gasteiger partial charge in [-0.2, -0.15) is 5.10 Å². The zero-order valence-electron chi connectivity index (χ0n) is 8.70. The number of nitrogens with one attached hydrogen (secondary N) is 1. The molecule has 0 spiro atoms. The molecule has 0 aliphatic heterocycles. The molecule has 0 fully saturated rings. The van der Waals surface area contributed by atoms with Gasteiger partial charge in [-0.15, -0.1) is 0 Å². The number of halogens is 3. The van der Waals surface area contributed by atoms with E-state index in [-0.39, 0.29) is 5.56 Å². The molecule has 0 bridgehead atoms. The predicted octanol–water partition coefficient (Wildman–Crippen LogP) is 2.48. The van der Waals surface area contributed by atoms with E-state index >= 15 is 0 Å². The molecule has 2 rings (SSSR count). The van der Waals surface area contributed by atoms with E-state index in [1.807, 2.05) is 0 Å². The van der Waals surface area contributed by atoms with E-state index in [1.54, 1.807) is 0 Å². The van der Waals surface area contributed by atoms with Crippen LogP contribution >= 0.6 is 0 Å². The molecule has 1 atom stereocenters. The van der Waals surface area contributed by atoms with Gasteiger partial charge >= 0.3 is 0 Å². The lowest BCUT2D eigenvalue weighted by atomic mass is 10.0. The largest absolute Gasteiger partial charge is 0.319 e. The first-order chi connectivity index (χ1) is 8.09. The van der Waals surface area contributed by atoms with E-state index in [0.717, 1.165) is 0 Å². The summed E-state index contributed by atoms with van der Waals surface area (Å²) in [6.45, 7) is 0. The molecular weight excluding hydrogens is 231 g/mol. The third kappa shape index (κ3) is 2.31. The highest BCUT2D eigenvalue weighted by Gasteiger charge is 2.22. The minimum absolute atomic E-state index is 0.214. The van der Waals surface area contributed by atoms with Crippen molar-refractivity contribution in [3.05, 3.63) is 41.8 Å². The van der Waals surface area contributed by atoms with Crippen molar-refractivity contribution in [1.82, 2.24) is 10.2 Å². The molecule has 2 aromatic rings. The number of aromatic nitrogens is 2. The van der Waals surface area contributed by atoms with Crippen molar-refractivity contribution in [3.8, 4) is 11.3 Å². The number of aromatic amines is 1. The fraction of sp³-hybridized carbons (Fsp3) is 0.182. The monoisotopic (exact) mass is 241 g/mol. The first kappa shape index (κ1) is 11.7. The fourth-order valence-corrected chi connectivity index (χ4v) is 1.53. The molecule has 3 N–H and O–H groups in total. The van der Waals surface area contributed by atoms with Crippen LogP contribution in [0.2, 0.25) is 0 Å². The Morgan fingerprint density at radius 1 is 1.18 bits per heavy atom. The molecule has 0 saturated heterocycles. The first-order valence-electron chi connectivity index (χ1n) is 4.92. The highest BCUT2D eigenvalue weighted by atomic mass is 19.3. The minimum atomic E-state index is -2.67. The summed E-state index contributed by atoms with van der Waals surface area (Å²) in [5, 5.41) is 6.28. The maximum atomic E-state index is 12.7. The van der Waals surface area contributed by atoms with Crippen LogP contribution in [-0.4, -0.2) is 16.6 Å². The molecule has 1 unspecified atom stereocenters. The minimum Gasteiger partial charge on any atom is -0.319 e. The van der Waals surface area contributed by atoms with Crippen LogP contribution in [0, 0.1) is 5.82 Å². The number of benzene rings is 1. The Morgan fingerprint density at radius 2 is 1.82 bits per heavy atom. The summed E-state index contributed by atoms with van der Waals surface area (Å²) in [6, 6.07) is 4.03. The Bertz CT molecular complexity index is 493. The van der Waals surface area contributed by atoms with E-state index in [2.05, 4.69) is 10.2 Å². The number of hydrogen-bond acceptors (Lipinski definition) is 2. The normalized spacial score (nSPS) is 13.0. The zero-order valence-corrected chi connectivity index (χ0v) is 8.70. The molecule has 90 valence electrons. The second-order valence-corrected chi connectivity index (χ2v) is 3.57. The zero-order chi connectivity index (χ0) is 12.4. The number of nitrogens with zero attached hydrogens (tertiary/aromatic N) is 1. The lowest BCUT2D eigenvalue weighted by Crippen LogP contribution is -2.19. The van der Waals surface area contributed by atoms with Gasteiger partial charge in [-0.1, -0.05) is 0 Å². The topological polar surface area (TPSA) is 54.7 Å². The fourth-order valence-electron chi connectivity index (χ4n) is 1.53. The molecule has 0 aliphatic rings. The molecule has 0 aliphatic carbocycles. The van der Waals surface area contributed by atoms with Gasteiger partial charge in [-0.05, 0) is 24.3 Å². The number of hydrogen-bond donors (Lipinski definition) is 2.